The minimum atomic E-state index is -0.153. The molecule has 17 heavy (non-hydrogen) atoms. The Morgan fingerprint density at radius 1 is 1.59 bits per heavy atom. The van der Waals surface area contributed by atoms with Gasteiger partial charge in [-0.15, -0.1) is 0 Å². The van der Waals surface area contributed by atoms with Gasteiger partial charge in [-0.2, -0.15) is 0 Å². The molecular formula is C12H17ClN2O2. The molecule has 0 aliphatic carbocycles. The van der Waals surface area contributed by atoms with E-state index in [0.29, 0.717) is 23.9 Å². The maximum absolute atomic E-state index is 9.15. The van der Waals surface area contributed by atoms with E-state index in [1.54, 1.807) is 6.07 Å². The summed E-state index contributed by atoms with van der Waals surface area (Å²) in [5.41, 5.74) is 7.27. The van der Waals surface area contributed by atoms with E-state index in [1.807, 2.05) is 12.1 Å². The highest BCUT2D eigenvalue weighted by Gasteiger charge is 2.26. The molecule has 2 unspecified atom stereocenters. The van der Waals surface area contributed by atoms with E-state index < -0.39 is 0 Å². The van der Waals surface area contributed by atoms with Gasteiger partial charge in [0.1, 0.15) is 0 Å². The predicted octanol–water partition coefficient (Wildman–Crippen LogP) is 1.51. The zero-order chi connectivity index (χ0) is 12.4. The van der Waals surface area contributed by atoms with Gasteiger partial charge in [0.2, 0.25) is 0 Å². The Morgan fingerprint density at radius 2 is 2.35 bits per heavy atom. The maximum atomic E-state index is 9.15. The summed E-state index contributed by atoms with van der Waals surface area (Å²) >= 11 is 6.19. The highest BCUT2D eigenvalue weighted by Crippen LogP contribution is 2.31. The molecule has 0 aromatic heterocycles. The van der Waals surface area contributed by atoms with Crippen LogP contribution in [0.25, 0.3) is 0 Å². The van der Waals surface area contributed by atoms with E-state index in [1.165, 1.54) is 0 Å². The van der Waals surface area contributed by atoms with Crippen molar-refractivity contribution in [3.63, 3.8) is 0 Å². The summed E-state index contributed by atoms with van der Waals surface area (Å²) in [7, 11) is 0. The van der Waals surface area contributed by atoms with Crippen LogP contribution >= 0.6 is 11.6 Å². The van der Waals surface area contributed by atoms with Crippen molar-refractivity contribution in [2.45, 2.75) is 19.1 Å². The molecule has 1 heterocycles. The van der Waals surface area contributed by atoms with Crippen LogP contribution in [0.3, 0.4) is 0 Å². The van der Waals surface area contributed by atoms with Gasteiger partial charge >= 0.3 is 0 Å². The fourth-order valence-corrected chi connectivity index (χ4v) is 2.32. The third-order valence-electron chi connectivity index (χ3n) is 2.99. The average Bonchev–Trinajstić information content (AvgIpc) is 2.30. The molecule has 1 aromatic rings. The van der Waals surface area contributed by atoms with Gasteiger partial charge in [-0.3, -0.25) is 0 Å². The molecule has 0 radical (unpaired) electrons. The molecule has 94 valence electrons. The van der Waals surface area contributed by atoms with Crippen molar-refractivity contribution in [2.24, 2.45) is 0 Å². The lowest BCUT2D eigenvalue weighted by Gasteiger charge is -2.39. The average molecular weight is 257 g/mol. The Labute approximate surface area is 106 Å². The summed E-state index contributed by atoms with van der Waals surface area (Å²) < 4.78 is 5.50. The van der Waals surface area contributed by atoms with E-state index in [9.17, 15) is 0 Å². The van der Waals surface area contributed by atoms with Crippen LogP contribution in [0.15, 0.2) is 18.2 Å². The number of nitrogens with zero attached hydrogens (tertiary/aromatic N) is 1. The monoisotopic (exact) mass is 256 g/mol. The molecule has 0 saturated carbocycles. The Balaban J connectivity index is 2.24. The van der Waals surface area contributed by atoms with Crippen LogP contribution in [0.4, 0.5) is 11.4 Å². The number of aliphatic hydroxyl groups excluding tert-OH is 1. The predicted molar refractivity (Wildman–Crippen MR) is 69.5 cm³/mol. The standard InChI is InChI=1S/C12H17ClN2O2/c1-8-7-17-10(6-16)5-15(8)12-3-2-9(14)4-11(12)13/h2-4,8,10,16H,5-7,14H2,1H3. The number of nitrogen functional groups attached to an aromatic ring is 1. The number of halogens is 1. The first-order valence-electron chi connectivity index (χ1n) is 5.66. The summed E-state index contributed by atoms with van der Waals surface area (Å²) in [5.74, 6) is 0. The normalized spacial score (nSPS) is 25.0. The fourth-order valence-electron chi connectivity index (χ4n) is 2.02. The van der Waals surface area contributed by atoms with Gasteiger partial charge in [0.25, 0.3) is 0 Å². The van der Waals surface area contributed by atoms with Crippen molar-refractivity contribution in [1.82, 2.24) is 0 Å². The largest absolute Gasteiger partial charge is 0.399 e. The highest BCUT2D eigenvalue weighted by atomic mass is 35.5. The minimum Gasteiger partial charge on any atom is -0.399 e. The number of hydrogen-bond donors (Lipinski definition) is 2. The Kier molecular flexibility index (Phi) is 3.76. The molecule has 1 aliphatic rings. The van der Waals surface area contributed by atoms with Crippen molar-refractivity contribution < 1.29 is 9.84 Å². The van der Waals surface area contributed by atoms with E-state index in [0.717, 1.165) is 5.69 Å². The maximum Gasteiger partial charge on any atom is 0.0981 e. The number of benzene rings is 1. The van der Waals surface area contributed by atoms with Crippen LogP contribution in [0.5, 0.6) is 0 Å². The van der Waals surface area contributed by atoms with E-state index in [4.69, 9.17) is 27.2 Å². The number of hydrogen-bond acceptors (Lipinski definition) is 4. The molecule has 1 aromatic carbocycles. The van der Waals surface area contributed by atoms with Gasteiger partial charge in [0.05, 0.1) is 30.0 Å². The summed E-state index contributed by atoms with van der Waals surface area (Å²) in [4.78, 5) is 2.14. The number of aliphatic hydroxyl groups is 1. The van der Waals surface area contributed by atoms with E-state index in [2.05, 4.69) is 11.8 Å². The van der Waals surface area contributed by atoms with Crippen LogP contribution in [-0.2, 0) is 4.74 Å². The van der Waals surface area contributed by atoms with Crippen molar-refractivity contribution >= 4 is 23.0 Å². The van der Waals surface area contributed by atoms with Gasteiger partial charge in [-0.25, -0.2) is 0 Å². The van der Waals surface area contributed by atoms with Gasteiger partial charge < -0.3 is 20.5 Å². The minimum absolute atomic E-state index is 0.0236. The van der Waals surface area contributed by atoms with Crippen molar-refractivity contribution in [3.8, 4) is 0 Å². The quantitative estimate of drug-likeness (QED) is 0.788. The summed E-state index contributed by atoms with van der Waals surface area (Å²) in [5, 5.41) is 9.79. The van der Waals surface area contributed by atoms with Gasteiger partial charge in [0, 0.05) is 18.3 Å². The number of nitrogens with two attached hydrogens (primary N) is 1. The second-order valence-corrected chi connectivity index (χ2v) is 4.76. The molecule has 1 saturated heterocycles. The number of rotatable bonds is 2. The molecular weight excluding hydrogens is 240 g/mol. The van der Waals surface area contributed by atoms with Crippen LogP contribution in [0, 0.1) is 0 Å². The molecule has 1 fully saturated rings. The first kappa shape index (κ1) is 12.5. The zero-order valence-electron chi connectivity index (χ0n) is 9.77. The molecule has 2 rings (SSSR count). The van der Waals surface area contributed by atoms with Gasteiger partial charge in [0.15, 0.2) is 0 Å². The smallest absolute Gasteiger partial charge is 0.0981 e. The van der Waals surface area contributed by atoms with Crippen molar-refractivity contribution in [1.29, 1.82) is 0 Å². The molecule has 0 bridgehead atoms. The molecule has 5 heteroatoms. The molecule has 3 N–H and O–H groups in total. The first-order chi connectivity index (χ1) is 8.11. The van der Waals surface area contributed by atoms with Crippen LogP contribution < -0.4 is 10.6 Å². The molecule has 0 amide bonds. The Bertz CT molecular complexity index is 400. The highest BCUT2D eigenvalue weighted by molar-refractivity contribution is 6.33. The lowest BCUT2D eigenvalue weighted by atomic mass is 10.1. The zero-order valence-corrected chi connectivity index (χ0v) is 10.5. The SMILES string of the molecule is CC1COC(CO)CN1c1ccc(N)cc1Cl. The second-order valence-electron chi connectivity index (χ2n) is 4.35. The molecule has 4 nitrogen and oxygen atoms in total. The van der Waals surface area contributed by atoms with E-state index in [-0.39, 0.29) is 18.8 Å². The Morgan fingerprint density at radius 3 is 3.00 bits per heavy atom. The summed E-state index contributed by atoms with van der Waals surface area (Å²) in [6.45, 7) is 3.32. The van der Waals surface area contributed by atoms with Gasteiger partial charge in [-0.05, 0) is 25.1 Å². The number of ether oxygens (including phenoxy) is 1. The summed E-state index contributed by atoms with van der Waals surface area (Å²) in [6, 6.07) is 5.72. The van der Waals surface area contributed by atoms with Crippen LogP contribution in [-0.4, -0.2) is 37.0 Å². The molecule has 0 spiro atoms. The topological polar surface area (TPSA) is 58.7 Å². The molecule has 2 atom stereocenters. The van der Waals surface area contributed by atoms with Crippen LogP contribution in [0.1, 0.15) is 6.92 Å². The third-order valence-corrected chi connectivity index (χ3v) is 3.29. The fraction of sp³-hybridized carbons (Fsp3) is 0.500. The molecule has 1 aliphatic heterocycles. The van der Waals surface area contributed by atoms with Crippen molar-refractivity contribution in [2.75, 3.05) is 30.4 Å². The summed E-state index contributed by atoms with van der Waals surface area (Å²) in [6.07, 6.45) is -0.153. The second kappa shape index (κ2) is 5.12. The third kappa shape index (κ3) is 2.65. The number of anilines is 2. The van der Waals surface area contributed by atoms with Crippen molar-refractivity contribution in [3.05, 3.63) is 23.2 Å². The van der Waals surface area contributed by atoms with Crippen LogP contribution in [0.2, 0.25) is 5.02 Å². The lowest BCUT2D eigenvalue weighted by molar-refractivity contribution is -0.0103. The lowest BCUT2D eigenvalue weighted by Crippen LogP contribution is -2.49. The Hall–Kier alpha value is -0.970. The van der Waals surface area contributed by atoms with E-state index >= 15 is 0 Å². The van der Waals surface area contributed by atoms with Gasteiger partial charge in [-0.1, -0.05) is 11.6 Å². The first-order valence-corrected chi connectivity index (χ1v) is 6.03. The number of morpholine rings is 1.